The van der Waals surface area contributed by atoms with Crippen LogP contribution in [0, 0.1) is 13.8 Å². The van der Waals surface area contributed by atoms with E-state index in [1.165, 1.54) is 18.4 Å². The zero-order valence-corrected chi connectivity index (χ0v) is 16.5. The van der Waals surface area contributed by atoms with Crippen LogP contribution in [0.4, 0.5) is 5.82 Å². The largest absolute Gasteiger partial charge is 0.354 e. The quantitative estimate of drug-likeness (QED) is 0.732. The monoisotopic (exact) mass is 374 g/mol. The number of hydrogen-bond acceptors (Lipinski definition) is 4. The van der Waals surface area contributed by atoms with E-state index in [-0.39, 0.29) is 5.56 Å². The highest BCUT2D eigenvalue weighted by Gasteiger charge is 2.25. The summed E-state index contributed by atoms with van der Waals surface area (Å²) in [5.41, 5.74) is 3.55. The summed E-state index contributed by atoms with van der Waals surface area (Å²) >= 11 is 0. The van der Waals surface area contributed by atoms with E-state index >= 15 is 0 Å². The summed E-state index contributed by atoms with van der Waals surface area (Å²) in [4.78, 5) is 26.5. The van der Waals surface area contributed by atoms with Crippen LogP contribution in [-0.4, -0.2) is 27.5 Å². The van der Waals surface area contributed by atoms with Gasteiger partial charge in [0.05, 0.1) is 0 Å². The molecule has 1 aromatic carbocycles. The van der Waals surface area contributed by atoms with Crippen LogP contribution < -0.4 is 10.5 Å². The highest BCUT2D eigenvalue weighted by atomic mass is 16.1. The summed E-state index contributed by atoms with van der Waals surface area (Å²) in [5, 5.41) is 0. The molecule has 5 nitrogen and oxygen atoms in total. The number of H-pyrrole nitrogens is 1. The molecule has 0 radical (unpaired) electrons. The number of benzene rings is 1. The van der Waals surface area contributed by atoms with E-state index in [2.05, 4.69) is 50.2 Å². The predicted octanol–water partition coefficient (Wildman–Crippen LogP) is 4.05. The Morgan fingerprint density at radius 2 is 1.96 bits per heavy atom. The van der Waals surface area contributed by atoms with Crippen LogP contribution in [0.15, 0.2) is 53.5 Å². The van der Waals surface area contributed by atoms with Crippen LogP contribution in [0.25, 0.3) is 11.4 Å². The smallest absolute Gasteiger partial charge is 0.254 e. The Balaban J connectivity index is 1.49. The first-order valence-electron chi connectivity index (χ1n) is 9.96. The van der Waals surface area contributed by atoms with Gasteiger partial charge in [-0.3, -0.25) is 4.79 Å². The molecule has 1 aliphatic rings. The van der Waals surface area contributed by atoms with Crippen molar-refractivity contribution in [2.75, 3.05) is 11.4 Å². The second-order valence-corrected chi connectivity index (χ2v) is 7.54. The van der Waals surface area contributed by atoms with Crippen molar-refractivity contribution < 1.29 is 0 Å². The molecule has 28 heavy (non-hydrogen) atoms. The molecule has 2 aromatic heterocycles. The summed E-state index contributed by atoms with van der Waals surface area (Å²) in [6.45, 7) is 4.69. The summed E-state index contributed by atoms with van der Waals surface area (Å²) in [6.07, 6.45) is 6.46. The molecule has 144 valence electrons. The average Bonchev–Trinajstić information content (AvgIpc) is 3.19. The van der Waals surface area contributed by atoms with Gasteiger partial charge in [-0.25, -0.2) is 9.97 Å². The van der Waals surface area contributed by atoms with Crippen molar-refractivity contribution in [1.82, 2.24) is 15.0 Å². The molecular weight excluding hydrogens is 348 g/mol. The normalized spacial score (nSPS) is 16.5. The average molecular weight is 374 g/mol. The number of aromatic amines is 1. The Bertz CT molecular complexity index is 995. The Morgan fingerprint density at radius 1 is 1.14 bits per heavy atom. The first-order valence-corrected chi connectivity index (χ1v) is 9.96. The van der Waals surface area contributed by atoms with E-state index in [0.29, 0.717) is 17.4 Å². The Kier molecular flexibility index (Phi) is 5.24. The zero-order chi connectivity index (χ0) is 19.5. The van der Waals surface area contributed by atoms with E-state index in [1.54, 1.807) is 6.92 Å². The summed E-state index contributed by atoms with van der Waals surface area (Å²) in [5.74, 6) is 1.58. The van der Waals surface area contributed by atoms with Crippen LogP contribution in [0.5, 0.6) is 0 Å². The van der Waals surface area contributed by atoms with Crippen LogP contribution in [-0.2, 0) is 6.42 Å². The molecule has 0 saturated carbocycles. The lowest BCUT2D eigenvalue weighted by Crippen LogP contribution is -2.30. The van der Waals surface area contributed by atoms with Gasteiger partial charge in [-0.1, -0.05) is 30.3 Å². The number of hydrogen-bond donors (Lipinski definition) is 1. The Morgan fingerprint density at radius 3 is 2.68 bits per heavy atom. The third kappa shape index (κ3) is 3.84. The fraction of sp³-hybridized carbons (Fsp3) is 0.348. The van der Waals surface area contributed by atoms with Gasteiger partial charge in [0.1, 0.15) is 11.6 Å². The maximum Gasteiger partial charge on any atom is 0.254 e. The number of nitrogens with one attached hydrogen (secondary N) is 1. The van der Waals surface area contributed by atoms with Crippen molar-refractivity contribution >= 4 is 5.82 Å². The number of pyridine rings is 1. The maximum absolute atomic E-state index is 12.0. The van der Waals surface area contributed by atoms with Gasteiger partial charge in [0, 0.05) is 35.6 Å². The topological polar surface area (TPSA) is 61.9 Å². The first-order chi connectivity index (χ1) is 13.6. The van der Waals surface area contributed by atoms with Crippen LogP contribution in [0.3, 0.4) is 0 Å². The third-order valence-corrected chi connectivity index (χ3v) is 5.70. The maximum atomic E-state index is 12.0. The Hall–Kier alpha value is -2.95. The minimum absolute atomic E-state index is 0.0907. The zero-order valence-electron chi connectivity index (χ0n) is 16.5. The molecule has 1 N–H and O–H groups in total. The van der Waals surface area contributed by atoms with E-state index in [0.717, 1.165) is 36.5 Å². The van der Waals surface area contributed by atoms with Crippen molar-refractivity contribution in [1.29, 1.82) is 0 Å². The van der Waals surface area contributed by atoms with Gasteiger partial charge < -0.3 is 9.88 Å². The standard InChI is InChI=1S/C23H26N4O/c1-16-17(2)25-22(26-23(16)28)19-11-13-21(24-15-19)27-14-6-9-20(27)12-10-18-7-4-3-5-8-18/h3-5,7-8,11,13,15,20H,6,9-10,12,14H2,1-2H3,(H,25,26,28). The minimum atomic E-state index is -0.0907. The van der Waals surface area contributed by atoms with Crippen LogP contribution in [0.1, 0.15) is 36.1 Å². The molecule has 1 aliphatic heterocycles. The molecule has 1 saturated heterocycles. The van der Waals surface area contributed by atoms with Gasteiger partial charge in [0.25, 0.3) is 5.56 Å². The molecule has 4 rings (SSSR count). The number of aromatic nitrogens is 3. The van der Waals surface area contributed by atoms with Gasteiger partial charge in [0.15, 0.2) is 0 Å². The summed E-state index contributed by atoms with van der Waals surface area (Å²) < 4.78 is 0. The van der Waals surface area contributed by atoms with Crippen LogP contribution in [0.2, 0.25) is 0 Å². The van der Waals surface area contributed by atoms with Gasteiger partial charge in [0.2, 0.25) is 0 Å². The molecule has 1 unspecified atom stereocenters. The van der Waals surface area contributed by atoms with Crippen molar-refractivity contribution in [3.05, 3.63) is 75.8 Å². The number of anilines is 1. The fourth-order valence-electron chi connectivity index (χ4n) is 3.89. The molecule has 0 amide bonds. The van der Waals surface area contributed by atoms with E-state index in [1.807, 2.05) is 25.3 Å². The third-order valence-electron chi connectivity index (χ3n) is 5.70. The second-order valence-electron chi connectivity index (χ2n) is 7.54. The number of nitrogens with zero attached hydrogens (tertiary/aromatic N) is 3. The lowest BCUT2D eigenvalue weighted by Gasteiger charge is -2.26. The second kappa shape index (κ2) is 7.97. The van der Waals surface area contributed by atoms with Gasteiger partial charge in [-0.15, -0.1) is 0 Å². The van der Waals surface area contributed by atoms with E-state index in [9.17, 15) is 4.79 Å². The highest BCUT2D eigenvalue weighted by Crippen LogP contribution is 2.28. The van der Waals surface area contributed by atoms with Crippen molar-refractivity contribution in [3.8, 4) is 11.4 Å². The molecular formula is C23H26N4O. The van der Waals surface area contributed by atoms with E-state index < -0.39 is 0 Å². The lowest BCUT2D eigenvalue weighted by molar-refractivity contribution is 0.606. The Labute approximate surface area is 165 Å². The van der Waals surface area contributed by atoms with Crippen LogP contribution >= 0.6 is 0 Å². The molecule has 1 fully saturated rings. The summed E-state index contributed by atoms with van der Waals surface area (Å²) in [7, 11) is 0. The predicted molar refractivity (Wildman–Crippen MR) is 113 cm³/mol. The van der Waals surface area contributed by atoms with Crippen molar-refractivity contribution in [2.24, 2.45) is 0 Å². The molecule has 3 aromatic rings. The van der Waals surface area contributed by atoms with Gasteiger partial charge in [-0.05, 0) is 57.2 Å². The molecule has 5 heteroatoms. The molecule has 0 aliphatic carbocycles. The van der Waals surface area contributed by atoms with Crippen molar-refractivity contribution in [3.63, 3.8) is 0 Å². The summed E-state index contributed by atoms with van der Waals surface area (Å²) in [6, 6.07) is 15.2. The van der Waals surface area contributed by atoms with E-state index in [4.69, 9.17) is 0 Å². The fourth-order valence-corrected chi connectivity index (χ4v) is 3.89. The molecule has 0 spiro atoms. The molecule has 3 heterocycles. The SMILES string of the molecule is Cc1nc(-c2ccc(N3CCCC3CCc3ccccc3)nc2)[nH]c(=O)c1C. The van der Waals surface area contributed by atoms with Gasteiger partial charge >= 0.3 is 0 Å². The first kappa shape index (κ1) is 18.4. The van der Waals surface area contributed by atoms with Crippen molar-refractivity contribution in [2.45, 2.75) is 45.6 Å². The van der Waals surface area contributed by atoms with Gasteiger partial charge in [-0.2, -0.15) is 0 Å². The molecule has 0 bridgehead atoms. The number of rotatable bonds is 5. The molecule has 1 atom stereocenters. The minimum Gasteiger partial charge on any atom is -0.354 e. The highest BCUT2D eigenvalue weighted by molar-refractivity contribution is 5.57. The number of aryl methyl sites for hydroxylation is 2. The lowest BCUT2D eigenvalue weighted by atomic mass is 10.0.